The highest BCUT2D eigenvalue weighted by Gasteiger charge is 2.30. The minimum Gasteiger partial charge on any atom is -0.497 e. The highest BCUT2D eigenvalue weighted by molar-refractivity contribution is 5.77. The maximum atomic E-state index is 13.3. The molecule has 1 aliphatic rings. The van der Waals surface area contributed by atoms with E-state index >= 15 is 0 Å². The van der Waals surface area contributed by atoms with Crippen molar-refractivity contribution in [1.29, 1.82) is 0 Å². The zero-order chi connectivity index (χ0) is 21.6. The Morgan fingerprint density at radius 2 is 2.00 bits per heavy atom. The Morgan fingerprint density at radius 1 is 1.23 bits per heavy atom. The number of anilines is 2. The summed E-state index contributed by atoms with van der Waals surface area (Å²) < 4.78 is 10.2. The van der Waals surface area contributed by atoms with E-state index in [4.69, 9.17) is 9.72 Å². The monoisotopic (exact) mass is 411 g/mol. The second-order valence-electron chi connectivity index (χ2n) is 8.59. The van der Waals surface area contributed by atoms with E-state index in [9.17, 15) is 9.59 Å². The van der Waals surface area contributed by atoms with Gasteiger partial charge in [0, 0.05) is 38.4 Å². The molecule has 0 bridgehead atoms. The largest absolute Gasteiger partial charge is 0.497 e. The molecule has 0 amide bonds. The lowest BCUT2D eigenvalue weighted by molar-refractivity contribution is 0.414. The summed E-state index contributed by atoms with van der Waals surface area (Å²) in [6.07, 6.45) is 0.772. The van der Waals surface area contributed by atoms with Gasteiger partial charge in [0.05, 0.1) is 7.11 Å². The first kappa shape index (κ1) is 20.3. The van der Waals surface area contributed by atoms with Gasteiger partial charge in [-0.25, -0.2) is 4.79 Å². The third-order valence-electron chi connectivity index (χ3n) is 5.74. The number of benzene rings is 1. The number of imidazole rings is 1. The van der Waals surface area contributed by atoms with Crippen LogP contribution in [-0.4, -0.2) is 32.3 Å². The van der Waals surface area contributed by atoms with Crippen LogP contribution in [0.1, 0.15) is 27.2 Å². The first-order valence-electron chi connectivity index (χ1n) is 10.4. The standard InChI is InChI=1S/C22H29N5O3/c1-14(2)9-10-25-20(28)18-19(24(4)22(25)29)23-21-26(12-15(3)13-27(18)21)16-7-6-8-17(11-16)30-5/h6-8,11,14-15H,9-10,12-13H2,1-5H3/t15-/m1/s1. The zero-order valence-corrected chi connectivity index (χ0v) is 18.3. The molecule has 0 saturated heterocycles. The number of fused-ring (bicyclic) bond motifs is 3. The quantitative estimate of drug-likeness (QED) is 0.645. The van der Waals surface area contributed by atoms with Crippen molar-refractivity contribution >= 4 is 22.8 Å². The van der Waals surface area contributed by atoms with Gasteiger partial charge in [-0.05, 0) is 30.4 Å². The van der Waals surface area contributed by atoms with Crippen molar-refractivity contribution < 1.29 is 4.74 Å². The Morgan fingerprint density at radius 3 is 2.70 bits per heavy atom. The first-order chi connectivity index (χ1) is 14.3. The van der Waals surface area contributed by atoms with Gasteiger partial charge in [-0.15, -0.1) is 0 Å². The number of rotatable bonds is 5. The minimum absolute atomic E-state index is 0.257. The lowest BCUT2D eigenvalue weighted by Gasteiger charge is -2.33. The van der Waals surface area contributed by atoms with Gasteiger partial charge in [0.25, 0.3) is 5.56 Å². The fourth-order valence-electron chi connectivity index (χ4n) is 4.09. The van der Waals surface area contributed by atoms with Crippen molar-refractivity contribution in [3.63, 3.8) is 0 Å². The fourth-order valence-corrected chi connectivity index (χ4v) is 4.09. The Hall–Kier alpha value is -3.03. The molecule has 1 aromatic carbocycles. The Balaban J connectivity index is 1.93. The molecule has 1 atom stereocenters. The molecular weight excluding hydrogens is 382 g/mol. The third-order valence-corrected chi connectivity index (χ3v) is 5.74. The summed E-state index contributed by atoms with van der Waals surface area (Å²) in [5, 5.41) is 0. The maximum absolute atomic E-state index is 13.3. The molecule has 0 unspecified atom stereocenters. The van der Waals surface area contributed by atoms with E-state index in [1.807, 2.05) is 28.8 Å². The minimum atomic E-state index is -0.315. The van der Waals surface area contributed by atoms with Crippen LogP contribution in [0.5, 0.6) is 5.75 Å². The second-order valence-corrected chi connectivity index (χ2v) is 8.59. The summed E-state index contributed by atoms with van der Waals surface area (Å²) in [5.74, 6) is 2.16. The van der Waals surface area contributed by atoms with Gasteiger partial charge in [-0.2, -0.15) is 4.98 Å². The van der Waals surface area contributed by atoms with Crippen molar-refractivity contribution in [2.75, 3.05) is 18.6 Å². The molecule has 0 saturated carbocycles. The Bertz CT molecular complexity index is 1200. The van der Waals surface area contributed by atoms with E-state index in [-0.39, 0.29) is 11.2 Å². The van der Waals surface area contributed by atoms with Gasteiger partial charge in [0.15, 0.2) is 11.2 Å². The first-order valence-corrected chi connectivity index (χ1v) is 10.4. The van der Waals surface area contributed by atoms with Gasteiger partial charge >= 0.3 is 5.69 Å². The van der Waals surface area contributed by atoms with Crippen LogP contribution in [0, 0.1) is 11.8 Å². The lowest BCUT2D eigenvalue weighted by Crippen LogP contribution is -2.40. The Labute approximate surface area is 175 Å². The average Bonchev–Trinajstić information content (AvgIpc) is 3.11. The maximum Gasteiger partial charge on any atom is 0.332 e. The lowest BCUT2D eigenvalue weighted by atomic mass is 10.1. The van der Waals surface area contributed by atoms with Crippen molar-refractivity contribution in [2.45, 2.75) is 40.3 Å². The van der Waals surface area contributed by atoms with Gasteiger partial charge in [0.1, 0.15) is 5.75 Å². The van der Waals surface area contributed by atoms with E-state index in [0.717, 1.165) is 24.4 Å². The van der Waals surface area contributed by atoms with Crippen LogP contribution in [0.25, 0.3) is 11.2 Å². The molecule has 2 aromatic heterocycles. The van der Waals surface area contributed by atoms with Crippen LogP contribution >= 0.6 is 0 Å². The predicted molar refractivity (Wildman–Crippen MR) is 118 cm³/mol. The second kappa shape index (κ2) is 7.66. The molecule has 0 N–H and O–H groups in total. The topological polar surface area (TPSA) is 74.3 Å². The Kier molecular flexibility index (Phi) is 5.17. The highest BCUT2D eigenvalue weighted by atomic mass is 16.5. The van der Waals surface area contributed by atoms with Gasteiger partial charge < -0.3 is 14.2 Å². The molecule has 0 spiro atoms. The molecule has 160 valence electrons. The average molecular weight is 412 g/mol. The zero-order valence-electron chi connectivity index (χ0n) is 18.3. The molecule has 3 heterocycles. The molecule has 3 aromatic rings. The van der Waals surface area contributed by atoms with Gasteiger partial charge in [-0.3, -0.25) is 13.9 Å². The predicted octanol–water partition coefficient (Wildman–Crippen LogP) is 2.74. The van der Waals surface area contributed by atoms with Crippen LogP contribution in [0.2, 0.25) is 0 Å². The fraction of sp³-hybridized carbons (Fsp3) is 0.500. The van der Waals surface area contributed by atoms with E-state index in [1.165, 1.54) is 9.13 Å². The number of aryl methyl sites for hydroxylation is 1. The molecule has 0 fully saturated rings. The van der Waals surface area contributed by atoms with Crippen LogP contribution in [0.3, 0.4) is 0 Å². The number of aromatic nitrogens is 4. The summed E-state index contributed by atoms with van der Waals surface area (Å²) in [5.41, 5.74) is 1.30. The summed E-state index contributed by atoms with van der Waals surface area (Å²) in [4.78, 5) is 33.1. The molecule has 1 aliphatic heterocycles. The summed E-state index contributed by atoms with van der Waals surface area (Å²) in [7, 11) is 3.33. The SMILES string of the molecule is COc1cccc(N2C[C@@H](C)Cn3c2nc2c3c(=O)n(CCC(C)C)c(=O)n2C)c1. The van der Waals surface area contributed by atoms with Gasteiger partial charge in [0.2, 0.25) is 5.95 Å². The normalized spacial score (nSPS) is 16.3. The molecule has 30 heavy (non-hydrogen) atoms. The summed E-state index contributed by atoms with van der Waals surface area (Å²) in [6, 6.07) is 7.80. The number of methoxy groups -OCH3 is 1. The molecule has 0 radical (unpaired) electrons. The van der Waals surface area contributed by atoms with E-state index < -0.39 is 0 Å². The van der Waals surface area contributed by atoms with Crippen molar-refractivity contribution in [2.24, 2.45) is 18.9 Å². The molecule has 8 nitrogen and oxygen atoms in total. The number of hydrogen-bond donors (Lipinski definition) is 0. The highest BCUT2D eigenvalue weighted by Crippen LogP contribution is 2.34. The molecule has 0 aliphatic carbocycles. The summed E-state index contributed by atoms with van der Waals surface area (Å²) in [6.45, 7) is 8.19. The van der Waals surface area contributed by atoms with Crippen molar-refractivity contribution in [3.8, 4) is 5.75 Å². The van der Waals surface area contributed by atoms with E-state index in [1.54, 1.807) is 14.2 Å². The van der Waals surface area contributed by atoms with Gasteiger partial charge in [-0.1, -0.05) is 26.8 Å². The van der Waals surface area contributed by atoms with Crippen molar-refractivity contribution in [1.82, 2.24) is 18.7 Å². The molecular formula is C22H29N5O3. The number of hydrogen-bond acceptors (Lipinski definition) is 5. The number of nitrogens with zero attached hydrogens (tertiary/aromatic N) is 5. The smallest absolute Gasteiger partial charge is 0.332 e. The van der Waals surface area contributed by atoms with Crippen LogP contribution in [-0.2, 0) is 20.1 Å². The third kappa shape index (κ3) is 3.30. The molecule has 4 rings (SSSR count). The van der Waals surface area contributed by atoms with Crippen LogP contribution in [0.15, 0.2) is 33.9 Å². The van der Waals surface area contributed by atoms with Crippen molar-refractivity contribution in [3.05, 3.63) is 45.1 Å². The number of ether oxygens (including phenoxy) is 1. The van der Waals surface area contributed by atoms with E-state index in [0.29, 0.717) is 42.0 Å². The van der Waals surface area contributed by atoms with Crippen LogP contribution in [0.4, 0.5) is 11.6 Å². The summed E-state index contributed by atoms with van der Waals surface area (Å²) >= 11 is 0. The van der Waals surface area contributed by atoms with E-state index in [2.05, 4.69) is 25.7 Å². The molecule has 8 heteroatoms. The van der Waals surface area contributed by atoms with Crippen LogP contribution < -0.4 is 20.9 Å².